The molecule has 78 valence electrons. The fourth-order valence-corrected chi connectivity index (χ4v) is 1.10. The number of carbonyl (C=O) groups is 1. The van der Waals surface area contributed by atoms with Crippen LogP contribution >= 0.6 is 0 Å². The normalized spacial score (nSPS) is 9.07. The van der Waals surface area contributed by atoms with E-state index in [2.05, 4.69) is 44.2 Å². The van der Waals surface area contributed by atoms with Gasteiger partial charge in [0.05, 0.1) is 0 Å². The first kappa shape index (κ1) is 12.7. The average molecular weight is 194 g/mol. The minimum absolute atomic E-state index is 0.250. The van der Waals surface area contributed by atoms with Crippen molar-refractivity contribution in [3.8, 4) is 0 Å². The molecule has 0 aliphatic rings. The Kier molecular flexibility index (Phi) is 7.52. The molecule has 0 unspecified atom stereocenters. The van der Waals surface area contributed by atoms with Crippen molar-refractivity contribution < 1.29 is 9.90 Å². The Morgan fingerprint density at radius 3 is 2.21 bits per heavy atom. The van der Waals surface area contributed by atoms with Crippen molar-refractivity contribution >= 4 is 6.47 Å². The van der Waals surface area contributed by atoms with Crippen LogP contribution in [-0.4, -0.2) is 11.6 Å². The lowest BCUT2D eigenvalue weighted by Crippen LogP contribution is -1.91. The highest BCUT2D eigenvalue weighted by Crippen LogP contribution is 2.07. The number of rotatable bonds is 3. The lowest BCUT2D eigenvalue weighted by atomic mass is 10.0. The Labute approximate surface area is 85.6 Å². The number of hydrogen-bond donors (Lipinski definition) is 1. The molecule has 0 saturated heterocycles. The summed E-state index contributed by atoms with van der Waals surface area (Å²) in [6, 6.07) is 10.7. The minimum atomic E-state index is -0.250. The van der Waals surface area contributed by atoms with Crippen LogP contribution in [-0.2, 0) is 11.2 Å². The molecule has 0 aromatic heterocycles. The SMILES string of the molecule is CC(C)CCc1ccccc1.O=CO. The van der Waals surface area contributed by atoms with Crippen molar-refractivity contribution in [3.05, 3.63) is 35.9 Å². The van der Waals surface area contributed by atoms with Crippen LogP contribution in [0.3, 0.4) is 0 Å². The van der Waals surface area contributed by atoms with E-state index in [0.29, 0.717) is 0 Å². The zero-order valence-electron chi connectivity index (χ0n) is 8.81. The first-order chi connectivity index (χ1) is 6.70. The van der Waals surface area contributed by atoms with E-state index in [4.69, 9.17) is 9.90 Å². The molecule has 1 aromatic carbocycles. The van der Waals surface area contributed by atoms with Crippen LogP contribution in [0.1, 0.15) is 25.8 Å². The predicted molar refractivity (Wildman–Crippen MR) is 58.3 cm³/mol. The fourth-order valence-electron chi connectivity index (χ4n) is 1.10. The summed E-state index contributed by atoms with van der Waals surface area (Å²) in [4.78, 5) is 8.36. The Bertz CT molecular complexity index is 229. The van der Waals surface area contributed by atoms with Gasteiger partial charge < -0.3 is 5.11 Å². The third kappa shape index (κ3) is 7.35. The van der Waals surface area contributed by atoms with Gasteiger partial charge in [0, 0.05) is 0 Å². The van der Waals surface area contributed by atoms with Gasteiger partial charge in [-0.05, 0) is 24.3 Å². The topological polar surface area (TPSA) is 37.3 Å². The quantitative estimate of drug-likeness (QED) is 0.751. The number of carboxylic acid groups (broad SMARTS) is 1. The second-order valence-corrected chi connectivity index (χ2v) is 3.52. The van der Waals surface area contributed by atoms with Crippen LogP contribution in [0.25, 0.3) is 0 Å². The molecule has 0 amide bonds. The summed E-state index contributed by atoms with van der Waals surface area (Å²) in [6.07, 6.45) is 2.52. The molecule has 0 saturated carbocycles. The van der Waals surface area contributed by atoms with E-state index in [-0.39, 0.29) is 6.47 Å². The maximum Gasteiger partial charge on any atom is 0.290 e. The molecule has 0 radical (unpaired) electrons. The second kappa shape index (κ2) is 8.30. The number of benzene rings is 1. The van der Waals surface area contributed by atoms with Crippen molar-refractivity contribution in [1.29, 1.82) is 0 Å². The van der Waals surface area contributed by atoms with Crippen molar-refractivity contribution in [2.75, 3.05) is 0 Å². The van der Waals surface area contributed by atoms with Crippen molar-refractivity contribution in [1.82, 2.24) is 0 Å². The van der Waals surface area contributed by atoms with Crippen LogP contribution in [0.4, 0.5) is 0 Å². The Morgan fingerprint density at radius 1 is 1.29 bits per heavy atom. The fraction of sp³-hybridized carbons (Fsp3) is 0.417. The minimum Gasteiger partial charge on any atom is -0.483 e. The molecule has 0 bridgehead atoms. The Morgan fingerprint density at radius 2 is 1.79 bits per heavy atom. The van der Waals surface area contributed by atoms with Crippen molar-refractivity contribution in [2.24, 2.45) is 5.92 Å². The smallest absolute Gasteiger partial charge is 0.290 e. The van der Waals surface area contributed by atoms with E-state index in [9.17, 15) is 0 Å². The molecule has 0 fully saturated rings. The van der Waals surface area contributed by atoms with Gasteiger partial charge in [-0.25, -0.2) is 0 Å². The Balaban J connectivity index is 0.000000500. The lowest BCUT2D eigenvalue weighted by Gasteiger charge is -2.03. The third-order valence-electron chi connectivity index (χ3n) is 1.85. The van der Waals surface area contributed by atoms with Crippen LogP contribution in [0, 0.1) is 5.92 Å². The molecule has 0 spiro atoms. The highest BCUT2D eigenvalue weighted by molar-refractivity contribution is 5.32. The number of hydrogen-bond acceptors (Lipinski definition) is 1. The number of aryl methyl sites for hydroxylation is 1. The van der Waals surface area contributed by atoms with Gasteiger partial charge in [0.15, 0.2) is 0 Å². The predicted octanol–water partition coefficient (Wildman–Crippen LogP) is 2.98. The van der Waals surface area contributed by atoms with Crippen LogP contribution in [0.5, 0.6) is 0 Å². The van der Waals surface area contributed by atoms with E-state index in [1.54, 1.807) is 0 Å². The van der Waals surface area contributed by atoms with E-state index in [0.717, 1.165) is 5.92 Å². The average Bonchev–Trinajstić information content (AvgIpc) is 2.18. The van der Waals surface area contributed by atoms with E-state index >= 15 is 0 Å². The summed E-state index contributed by atoms with van der Waals surface area (Å²) in [5.74, 6) is 0.815. The molecule has 2 heteroatoms. The first-order valence-corrected chi connectivity index (χ1v) is 4.82. The summed E-state index contributed by atoms with van der Waals surface area (Å²) in [7, 11) is 0. The zero-order valence-corrected chi connectivity index (χ0v) is 8.81. The molecule has 1 aromatic rings. The van der Waals surface area contributed by atoms with Gasteiger partial charge >= 0.3 is 0 Å². The molecule has 2 nitrogen and oxygen atoms in total. The third-order valence-corrected chi connectivity index (χ3v) is 1.85. The maximum absolute atomic E-state index is 8.36. The zero-order chi connectivity index (χ0) is 10.8. The summed E-state index contributed by atoms with van der Waals surface area (Å²) in [5, 5.41) is 6.89. The van der Waals surface area contributed by atoms with Gasteiger partial charge in [0.1, 0.15) is 0 Å². The van der Waals surface area contributed by atoms with E-state index < -0.39 is 0 Å². The van der Waals surface area contributed by atoms with Crippen LogP contribution in [0.15, 0.2) is 30.3 Å². The van der Waals surface area contributed by atoms with Crippen LogP contribution in [0.2, 0.25) is 0 Å². The summed E-state index contributed by atoms with van der Waals surface area (Å²) in [6.45, 7) is 4.28. The molecule has 1 rings (SSSR count). The second-order valence-electron chi connectivity index (χ2n) is 3.52. The summed E-state index contributed by atoms with van der Waals surface area (Å²) in [5.41, 5.74) is 1.46. The molecule has 14 heavy (non-hydrogen) atoms. The monoisotopic (exact) mass is 194 g/mol. The van der Waals surface area contributed by atoms with Gasteiger partial charge in [0.2, 0.25) is 0 Å². The Hall–Kier alpha value is -1.31. The molecule has 0 aliphatic heterocycles. The summed E-state index contributed by atoms with van der Waals surface area (Å²) >= 11 is 0. The summed E-state index contributed by atoms with van der Waals surface area (Å²) < 4.78 is 0. The lowest BCUT2D eigenvalue weighted by molar-refractivity contribution is -0.122. The van der Waals surface area contributed by atoms with E-state index in [1.807, 2.05) is 0 Å². The first-order valence-electron chi connectivity index (χ1n) is 4.82. The molecule has 0 heterocycles. The van der Waals surface area contributed by atoms with Crippen LogP contribution < -0.4 is 0 Å². The molecular formula is C12H18O2. The van der Waals surface area contributed by atoms with Crippen molar-refractivity contribution in [3.63, 3.8) is 0 Å². The molecular weight excluding hydrogens is 176 g/mol. The van der Waals surface area contributed by atoms with E-state index in [1.165, 1.54) is 18.4 Å². The maximum atomic E-state index is 8.36. The van der Waals surface area contributed by atoms with Gasteiger partial charge in [-0.3, -0.25) is 4.79 Å². The van der Waals surface area contributed by atoms with Gasteiger partial charge in [-0.1, -0.05) is 44.2 Å². The highest BCUT2D eigenvalue weighted by Gasteiger charge is 1.94. The van der Waals surface area contributed by atoms with Gasteiger partial charge in [0.25, 0.3) is 6.47 Å². The van der Waals surface area contributed by atoms with Gasteiger partial charge in [-0.2, -0.15) is 0 Å². The molecule has 0 aliphatic carbocycles. The molecule has 0 atom stereocenters. The highest BCUT2D eigenvalue weighted by atomic mass is 16.3. The standard InChI is InChI=1S/C11H16.CH2O2/c1-10(2)8-9-11-6-4-3-5-7-11;2-1-3/h3-7,10H,8-9H2,1-2H3;1H,(H,2,3). The largest absolute Gasteiger partial charge is 0.483 e. The molecule has 1 N–H and O–H groups in total. The van der Waals surface area contributed by atoms with Gasteiger partial charge in [-0.15, -0.1) is 0 Å². The van der Waals surface area contributed by atoms with Crippen molar-refractivity contribution in [2.45, 2.75) is 26.7 Å².